The van der Waals surface area contributed by atoms with Gasteiger partial charge < -0.3 is 4.74 Å². The first-order chi connectivity index (χ1) is 7.69. The summed E-state index contributed by atoms with van der Waals surface area (Å²) in [5.41, 5.74) is 0.559. The van der Waals surface area contributed by atoms with Crippen LogP contribution in [0.3, 0.4) is 0 Å². The predicted molar refractivity (Wildman–Crippen MR) is 61.7 cm³/mol. The largest absolute Gasteiger partial charge is 0.462 e. The molecule has 0 amide bonds. The summed E-state index contributed by atoms with van der Waals surface area (Å²) in [5.74, 6) is -0.634. The van der Waals surface area contributed by atoms with E-state index in [0.29, 0.717) is 10.6 Å². The van der Waals surface area contributed by atoms with Gasteiger partial charge >= 0.3 is 5.97 Å². The third-order valence-corrected chi connectivity index (χ3v) is 2.17. The lowest BCUT2D eigenvalue weighted by Gasteiger charge is -2.00. The summed E-state index contributed by atoms with van der Waals surface area (Å²) < 4.78 is 4.73. The van der Waals surface area contributed by atoms with Crippen LogP contribution in [0, 0.1) is 11.3 Å². The molecule has 1 rings (SSSR count). The SMILES string of the molecule is CCOC(=O)/C(C#N)=C\c1ccccc1Cl. The number of carbonyl (C=O) groups is 1. The Hall–Kier alpha value is -1.79. The van der Waals surface area contributed by atoms with Gasteiger partial charge in [0.15, 0.2) is 0 Å². The average Bonchev–Trinajstić information content (AvgIpc) is 2.28. The maximum atomic E-state index is 11.3. The third-order valence-electron chi connectivity index (χ3n) is 1.82. The molecule has 0 aliphatic rings. The summed E-state index contributed by atoms with van der Waals surface area (Å²) in [7, 11) is 0. The summed E-state index contributed by atoms with van der Waals surface area (Å²) >= 11 is 5.90. The Morgan fingerprint density at radius 1 is 1.56 bits per heavy atom. The van der Waals surface area contributed by atoms with E-state index in [2.05, 4.69) is 0 Å². The molecule has 4 heteroatoms. The Labute approximate surface area is 98.9 Å². The Bertz CT molecular complexity index is 460. The monoisotopic (exact) mass is 235 g/mol. The minimum atomic E-state index is -0.634. The lowest BCUT2D eigenvalue weighted by atomic mass is 10.1. The number of esters is 1. The maximum Gasteiger partial charge on any atom is 0.348 e. The van der Waals surface area contributed by atoms with Crippen molar-refractivity contribution in [2.75, 3.05) is 6.61 Å². The molecule has 0 fully saturated rings. The molecule has 0 spiro atoms. The van der Waals surface area contributed by atoms with E-state index in [1.165, 1.54) is 6.08 Å². The zero-order chi connectivity index (χ0) is 12.0. The van der Waals surface area contributed by atoms with Crippen LogP contribution in [0.5, 0.6) is 0 Å². The first-order valence-electron chi connectivity index (χ1n) is 4.72. The molecule has 0 heterocycles. The van der Waals surface area contributed by atoms with Gasteiger partial charge in [0.2, 0.25) is 0 Å². The second-order valence-electron chi connectivity index (χ2n) is 2.91. The van der Waals surface area contributed by atoms with Gasteiger partial charge in [-0.15, -0.1) is 0 Å². The highest BCUT2D eigenvalue weighted by Crippen LogP contribution is 2.18. The number of nitriles is 1. The molecule has 0 saturated heterocycles. The van der Waals surface area contributed by atoms with Crippen molar-refractivity contribution >= 4 is 23.6 Å². The number of rotatable bonds is 3. The van der Waals surface area contributed by atoms with Crippen LogP contribution < -0.4 is 0 Å². The highest BCUT2D eigenvalue weighted by Gasteiger charge is 2.10. The summed E-state index contributed by atoms with van der Waals surface area (Å²) in [6.45, 7) is 1.92. The zero-order valence-corrected chi connectivity index (χ0v) is 9.49. The predicted octanol–water partition coefficient (Wildman–Crippen LogP) is 2.81. The molecule has 0 aliphatic heterocycles. The normalized spacial score (nSPS) is 10.7. The Morgan fingerprint density at radius 2 is 2.25 bits per heavy atom. The summed E-state index contributed by atoms with van der Waals surface area (Å²) in [6.07, 6.45) is 1.42. The van der Waals surface area contributed by atoms with Crippen LogP contribution in [0.4, 0.5) is 0 Å². The molecule has 0 N–H and O–H groups in total. The van der Waals surface area contributed by atoms with Crippen molar-refractivity contribution in [2.45, 2.75) is 6.92 Å². The van der Waals surface area contributed by atoms with Crippen LogP contribution in [0.15, 0.2) is 29.8 Å². The van der Waals surface area contributed by atoms with Crippen molar-refractivity contribution in [3.63, 3.8) is 0 Å². The van der Waals surface area contributed by atoms with E-state index in [9.17, 15) is 4.79 Å². The molecule has 1 aromatic carbocycles. The van der Waals surface area contributed by atoms with Crippen LogP contribution in [-0.2, 0) is 9.53 Å². The molecule has 0 aromatic heterocycles. The number of nitrogens with zero attached hydrogens (tertiary/aromatic N) is 1. The zero-order valence-electron chi connectivity index (χ0n) is 8.74. The van der Waals surface area contributed by atoms with Gasteiger partial charge in [-0.05, 0) is 24.6 Å². The highest BCUT2D eigenvalue weighted by molar-refractivity contribution is 6.32. The van der Waals surface area contributed by atoms with Crippen LogP contribution in [0.25, 0.3) is 6.08 Å². The van der Waals surface area contributed by atoms with Gasteiger partial charge in [-0.3, -0.25) is 0 Å². The van der Waals surface area contributed by atoms with E-state index in [1.807, 2.05) is 0 Å². The summed E-state index contributed by atoms with van der Waals surface area (Å²) in [4.78, 5) is 11.3. The van der Waals surface area contributed by atoms with Crippen molar-refractivity contribution < 1.29 is 9.53 Å². The number of hydrogen-bond donors (Lipinski definition) is 0. The second kappa shape index (κ2) is 5.94. The molecule has 16 heavy (non-hydrogen) atoms. The van der Waals surface area contributed by atoms with Crippen molar-refractivity contribution in [3.05, 3.63) is 40.4 Å². The molecule has 3 nitrogen and oxygen atoms in total. The van der Waals surface area contributed by atoms with Gasteiger partial charge in [0.1, 0.15) is 11.6 Å². The molecule has 0 aliphatic carbocycles. The quantitative estimate of drug-likeness (QED) is 0.460. The lowest BCUT2D eigenvalue weighted by molar-refractivity contribution is -0.137. The maximum absolute atomic E-state index is 11.3. The smallest absolute Gasteiger partial charge is 0.348 e. The first-order valence-corrected chi connectivity index (χ1v) is 5.10. The van der Waals surface area contributed by atoms with E-state index in [4.69, 9.17) is 21.6 Å². The van der Waals surface area contributed by atoms with E-state index >= 15 is 0 Å². The Morgan fingerprint density at radius 3 is 2.81 bits per heavy atom. The van der Waals surface area contributed by atoms with Crippen LogP contribution in [0.1, 0.15) is 12.5 Å². The van der Waals surface area contributed by atoms with E-state index in [-0.39, 0.29) is 12.2 Å². The topological polar surface area (TPSA) is 50.1 Å². The van der Waals surface area contributed by atoms with Crippen molar-refractivity contribution in [2.24, 2.45) is 0 Å². The molecule has 82 valence electrons. The van der Waals surface area contributed by atoms with Crippen LogP contribution in [-0.4, -0.2) is 12.6 Å². The van der Waals surface area contributed by atoms with E-state index in [1.54, 1.807) is 37.3 Å². The van der Waals surface area contributed by atoms with Gasteiger partial charge in [-0.1, -0.05) is 29.8 Å². The fourth-order valence-electron chi connectivity index (χ4n) is 1.09. The fraction of sp³-hybridized carbons (Fsp3) is 0.167. The van der Waals surface area contributed by atoms with Gasteiger partial charge in [0.05, 0.1) is 6.61 Å². The standard InChI is InChI=1S/C12H10ClNO2/c1-2-16-12(15)10(8-14)7-9-5-3-4-6-11(9)13/h3-7H,2H2,1H3/b10-7-. The van der Waals surface area contributed by atoms with Crippen LogP contribution >= 0.6 is 11.6 Å². The number of halogens is 1. The van der Waals surface area contributed by atoms with Crippen molar-refractivity contribution in [1.82, 2.24) is 0 Å². The van der Waals surface area contributed by atoms with Gasteiger partial charge in [-0.2, -0.15) is 5.26 Å². The lowest BCUT2D eigenvalue weighted by Crippen LogP contribution is -2.06. The third kappa shape index (κ3) is 3.11. The van der Waals surface area contributed by atoms with Gasteiger partial charge in [0.25, 0.3) is 0 Å². The first kappa shape index (κ1) is 12.3. The molecule has 1 aromatic rings. The summed E-state index contributed by atoms with van der Waals surface area (Å²) in [5, 5.41) is 9.30. The molecule has 0 bridgehead atoms. The van der Waals surface area contributed by atoms with Crippen LogP contribution in [0.2, 0.25) is 5.02 Å². The van der Waals surface area contributed by atoms with E-state index < -0.39 is 5.97 Å². The van der Waals surface area contributed by atoms with E-state index in [0.717, 1.165) is 0 Å². The molecule has 0 radical (unpaired) electrons. The Kier molecular flexibility index (Phi) is 4.56. The number of benzene rings is 1. The summed E-state index contributed by atoms with van der Waals surface area (Å²) in [6, 6.07) is 8.75. The molecular weight excluding hydrogens is 226 g/mol. The Balaban J connectivity index is 3.02. The molecule has 0 atom stereocenters. The number of carbonyl (C=O) groups excluding carboxylic acids is 1. The minimum absolute atomic E-state index is 0.0602. The number of ether oxygens (including phenoxy) is 1. The van der Waals surface area contributed by atoms with Crippen molar-refractivity contribution in [3.8, 4) is 6.07 Å². The highest BCUT2D eigenvalue weighted by atomic mass is 35.5. The van der Waals surface area contributed by atoms with Gasteiger partial charge in [0, 0.05) is 5.02 Å². The van der Waals surface area contributed by atoms with Gasteiger partial charge in [-0.25, -0.2) is 4.79 Å². The average molecular weight is 236 g/mol. The minimum Gasteiger partial charge on any atom is -0.462 e. The molecule has 0 unspecified atom stereocenters. The fourth-order valence-corrected chi connectivity index (χ4v) is 1.28. The molecular formula is C12H10ClNO2. The number of hydrogen-bond acceptors (Lipinski definition) is 3. The van der Waals surface area contributed by atoms with Crippen molar-refractivity contribution in [1.29, 1.82) is 5.26 Å². The molecule has 0 saturated carbocycles. The second-order valence-corrected chi connectivity index (χ2v) is 3.32.